The maximum atomic E-state index is 12.9. The van der Waals surface area contributed by atoms with Gasteiger partial charge in [-0.05, 0) is 23.8 Å². The summed E-state index contributed by atoms with van der Waals surface area (Å²) in [5, 5.41) is 5.79. The van der Waals surface area contributed by atoms with Gasteiger partial charge in [-0.2, -0.15) is 18.3 Å². The number of halogens is 3. The normalized spacial score (nSPS) is 11.3. The number of nitrogens with one attached hydrogen (secondary N) is 2. The summed E-state index contributed by atoms with van der Waals surface area (Å²) in [7, 11) is 1.52. The number of hydrogen-bond acceptors (Lipinski definition) is 4. The Hall–Kier alpha value is -3.36. The van der Waals surface area contributed by atoms with Crippen molar-refractivity contribution in [2.45, 2.75) is 12.7 Å². The monoisotopic (exact) mass is 379 g/mol. The molecule has 27 heavy (non-hydrogen) atoms. The zero-order chi connectivity index (χ0) is 19.9. The van der Waals surface area contributed by atoms with Crippen LogP contribution in [0.5, 0.6) is 5.75 Å². The maximum absolute atomic E-state index is 12.9. The molecule has 6 nitrogen and oxygen atoms in total. The van der Waals surface area contributed by atoms with Crippen molar-refractivity contribution in [3.8, 4) is 5.75 Å². The molecule has 9 heteroatoms. The number of carbonyl (C=O) groups is 2. The van der Waals surface area contributed by atoms with Gasteiger partial charge in [0, 0.05) is 12.1 Å². The van der Waals surface area contributed by atoms with Crippen LogP contribution < -0.4 is 15.5 Å². The summed E-state index contributed by atoms with van der Waals surface area (Å²) in [5.74, 6) is -1.41. The number of benzene rings is 2. The van der Waals surface area contributed by atoms with Gasteiger partial charge < -0.3 is 10.1 Å². The average Bonchev–Trinajstić information content (AvgIpc) is 2.66. The summed E-state index contributed by atoms with van der Waals surface area (Å²) < 4.78 is 43.6. The molecule has 0 saturated heterocycles. The smallest absolute Gasteiger partial charge is 0.417 e. The zero-order valence-electron chi connectivity index (χ0n) is 14.2. The van der Waals surface area contributed by atoms with E-state index in [2.05, 4.69) is 10.4 Å². The van der Waals surface area contributed by atoms with Gasteiger partial charge in [0.05, 0.1) is 18.9 Å². The van der Waals surface area contributed by atoms with Gasteiger partial charge in [-0.1, -0.05) is 30.3 Å². The van der Waals surface area contributed by atoms with Crippen molar-refractivity contribution in [2.24, 2.45) is 5.10 Å². The summed E-state index contributed by atoms with van der Waals surface area (Å²) >= 11 is 0. The Morgan fingerprint density at radius 1 is 1.07 bits per heavy atom. The minimum Gasteiger partial charge on any atom is -0.497 e. The van der Waals surface area contributed by atoms with Gasteiger partial charge in [0.2, 0.25) is 0 Å². The molecule has 142 valence electrons. The first-order chi connectivity index (χ1) is 12.8. The highest BCUT2D eigenvalue weighted by Gasteiger charge is 2.32. The van der Waals surface area contributed by atoms with Crippen molar-refractivity contribution in [3.05, 3.63) is 65.2 Å². The Bertz CT molecular complexity index is 834. The van der Waals surface area contributed by atoms with Gasteiger partial charge in [0.1, 0.15) is 5.75 Å². The maximum Gasteiger partial charge on any atom is 0.417 e. The first-order valence-corrected chi connectivity index (χ1v) is 7.71. The SMILES string of the molecule is COc1ccc(CNC(=O)C(=O)N/N=C\c2ccccc2C(F)(F)F)cc1. The fraction of sp³-hybridized carbons (Fsp3) is 0.167. The van der Waals surface area contributed by atoms with Crippen LogP contribution in [0.4, 0.5) is 13.2 Å². The summed E-state index contributed by atoms with van der Waals surface area (Å²) in [6.07, 6.45) is -3.72. The lowest BCUT2D eigenvalue weighted by Gasteiger charge is -2.09. The first-order valence-electron chi connectivity index (χ1n) is 7.71. The minimum absolute atomic E-state index is 0.0941. The molecule has 0 unspecified atom stereocenters. The third-order valence-electron chi connectivity index (χ3n) is 3.45. The lowest BCUT2D eigenvalue weighted by Crippen LogP contribution is -2.37. The first kappa shape index (κ1) is 20.0. The standard InChI is InChI=1S/C18H16F3N3O3/c1-27-14-8-6-12(7-9-14)10-22-16(25)17(26)24-23-11-13-4-2-3-5-15(13)18(19,20)21/h2-9,11H,10H2,1H3,(H,22,25)(H,24,26)/b23-11-. The van der Waals surface area contributed by atoms with E-state index >= 15 is 0 Å². The van der Waals surface area contributed by atoms with Crippen LogP contribution in [0.1, 0.15) is 16.7 Å². The highest BCUT2D eigenvalue weighted by atomic mass is 19.4. The Kier molecular flexibility index (Phi) is 6.53. The van der Waals surface area contributed by atoms with E-state index in [0.29, 0.717) is 5.75 Å². The molecule has 2 N–H and O–H groups in total. The lowest BCUT2D eigenvalue weighted by molar-refractivity contribution is -0.139. The van der Waals surface area contributed by atoms with Crippen LogP contribution in [0.15, 0.2) is 53.6 Å². The highest BCUT2D eigenvalue weighted by Crippen LogP contribution is 2.30. The summed E-state index contributed by atoms with van der Waals surface area (Å²) in [5.41, 5.74) is 1.50. The van der Waals surface area contributed by atoms with Crippen LogP contribution in [0, 0.1) is 0 Å². The number of hydrogen-bond donors (Lipinski definition) is 2. The molecule has 0 heterocycles. The second kappa shape index (κ2) is 8.84. The van der Waals surface area contributed by atoms with E-state index in [1.54, 1.807) is 24.3 Å². The molecule has 2 aromatic carbocycles. The van der Waals surface area contributed by atoms with Gasteiger partial charge in [-0.15, -0.1) is 0 Å². The largest absolute Gasteiger partial charge is 0.497 e. The average molecular weight is 379 g/mol. The van der Waals surface area contributed by atoms with E-state index in [4.69, 9.17) is 4.74 Å². The van der Waals surface area contributed by atoms with Crippen molar-refractivity contribution >= 4 is 18.0 Å². The molecule has 0 radical (unpaired) electrons. The van der Waals surface area contributed by atoms with E-state index in [1.807, 2.05) is 5.43 Å². The molecular weight excluding hydrogens is 363 g/mol. The predicted molar refractivity (Wildman–Crippen MR) is 92.0 cm³/mol. The number of ether oxygens (including phenoxy) is 1. The third-order valence-corrected chi connectivity index (χ3v) is 3.45. The Morgan fingerprint density at radius 2 is 1.74 bits per heavy atom. The molecule has 2 aromatic rings. The summed E-state index contributed by atoms with van der Waals surface area (Å²) in [6.45, 7) is 0.0941. The van der Waals surface area contributed by atoms with Crippen LogP contribution in [0.3, 0.4) is 0 Å². The number of alkyl halides is 3. The summed E-state index contributed by atoms with van der Waals surface area (Å²) in [6, 6.07) is 11.6. The number of nitrogens with zero attached hydrogens (tertiary/aromatic N) is 1. The molecule has 0 aliphatic heterocycles. The fourth-order valence-electron chi connectivity index (χ4n) is 2.08. The number of rotatable bonds is 5. The Labute approximate surface area is 153 Å². The van der Waals surface area contributed by atoms with Crippen molar-refractivity contribution in [2.75, 3.05) is 7.11 Å². The van der Waals surface area contributed by atoms with E-state index in [1.165, 1.54) is 25.3 Å². The van der Waals surface area contributed by atoms with E-state index in [0.717, 1.165) is 17.8 Å². The van der Waals surface area contributed by atoms with Gasteiger partial charge in [0.25, 0.3) is 0 Å². The molecule has 0 aliphatic carbocycles. The Balaban J connectivity index is 1.89. The van der Waals surface area contributed by atoms with Crippen molar-refractivity contribution in [1.82, 2.24) is 10.7 Å². The quantitative estimate of drug-likeness (QED) is 0.476. The molecule has 0 atom stereocenters. The molecule has 0 saturated carbocycles. The predicted octanol–water partition coefficient (Wildman–Crippen LogP) is 2.48. The fourth-order valence-corrected chi connectivity index (χ4v) is 2.08. The number of hydrazone groups is 1. The molecular formula is C18H16F3N3O3. The zero-order valence-corrected chi connectivity index (χ0v) is 14.2. The van der Waals surface area contributed by atoms with Crippen molar-refractivity contribution < 1.29 is 27.5 Å². The third kappa shape index (κ3) is 5.84. The number of amides is 2. The number of methoxy groups -OCH3 is 1. The van der Waals surface area contributed by atoms with Gasteiger partial charge in [-0.3, -0.25) is 9.59 Å². The Morgan fingerprint density at radius 3 is 2.37 bits per heavy atom. The topological polar surface area (TPSA) is 79.8 Å². The second-order valence-corrected chi connectivity index (χ2v) is 5.31. The molecule has 0 aromatic heterocycles. The van der Waals surface area contributed by atoms with Crippen LogP contribution >= 0.6 is 0 Å². The van der Waals surface area contributed by atoms with E-state index in [-0.39, 0.29) is 12.1 Å². The second-order valence-electron chi connectivity index (χ2n) is 5.31. The highest BCUT2D eigenvalue weighted by molar-refractivity contribution is 6.35. The molecule has 2 rings (SSSR count). The van der Waals surface area contributed by atoms with Crippen LogP contribution in [0.2, 0.25) is 0 Å². The van der Waals surface area contributed by atoms with Crippen molar-refractivity contribution in [1.29, 1.82) is 0 Å². The molecule has 0 spiro atoms. The van der Waals surface area contributed by atoms with Gasteiger partial charge in [0.15, 0.2) is 0 Å². The van der Waals surface area contributed by atoms with Crippen LogP contribution in [-0.4, -0.2) is 25.1 Å². The van der Waals surface area contributed by atoms with Gasteiger partial charge in [-0.25, -0.2) is 5.43 Å². The minimum atomic E-state index is -4.55. The van der Waals surface area contributed by atoms with E-state index < -0.39 is 23.6 Å². The van der Waals surface area contributed by atoms with Crippen LogP contribution in [-0.2, 0) is 22.3 Å². The van der Waals surface area contributed by atoms with Gasteiger partial charge >= 0.3 is 18.0 Å². The molecule has 0 aliphatic rings. The lowest BCUT2D eigenvalue weighted by atomic mass is 10.1. The molecule has 0 fully saturated rings. The van der Waals surface area contributed by atoms with Crippen LogP contribution in [0.25, 0.3) is 0 Å². The number of carbonyl (C=O) groups excluding carboxylic acids is 2. The van der Waals surface area contributed by atoms with Crippen molar-refractivity contribution in [3.63, 3.8) is 0 Å². The molecule has 2 amide bonds. The van der Waals surface area contributed by atoms with E-state index in [9.17, 15) is 22.8 Å². The molecule has 0 bridgehead atoms. The summed E-state index contributed by atoms with van der Waals surface area (Å²) in [4.78, 5) is 23.4.